The molecule has 2 aromatic rings. The fourth-order valence-electron chi connectivity index (χ4n) is 2.24. The molecule has 0 spiro atoms. The third-order valence-corrected chi connectivity index (χ3v) is 3.22. The molecule has 8 heteroatoms. The molecule has 0 unspecified atom stereocenters. The van der Waals surface area contributed by atoms with Crippen molar-refractivity contribution >= 4 is 12.6 Å². The Morgan fingerprint density at radius 1 is 1.26 bits per heavy atom. The number of hydrogen-bond acceptors (Lipinski definition) is 3. The second-order valence-electron chi connectivity index (χ2n) is 4.22. The van der Waals surface area contributed by atoms with Crippen LogP contribution in [-0.4, -0.2) is 14.8 Å². The van der Waals surface area contributed by atoms with Crippen molar-refractivity contribution < 1.29 is 17.6 Å². The molecule has 2 heterocycles. The van der Waals surface area contributed by atoms with Crippen molar-refractivity contribution in [1.29, 1.82) is 0 Å². The number of benzene rings is 1. The Balaban J connectivity index is 2.14. The molecule has 0 aliphatic carbocycles. The van der Waals surface area contributed by atoms with E-state index in [4.69, 9.17) is 0 Å². The molecule has 0 saturated heterocycles. The van der Waals surface area contributed by atoms with Crippen LogP contribution >= 0.6 is 12.6 Å². The summed E-state index contributed by atoms with van der Waals surface area (Å²) in [6, 6.07) is 0.348. The normalized spacial score (nSPS) is 21.7. The molecule has 1 aromatic carbocycles. The Hall–Kier alpha value is -1.57. The summed E-state index contributed by atoms with van der Waals surface area (Å²) in [5.74, 6) is -3.46. The number of rotatable bonds is 1. The molecule has 0 N–H and O–H groups in total. The van der Waals surface area contributed by atoms with Gasteiger partial charge in [-0.15, -0.1) is 17.7 Å². The van der Waals surface area contributed by atoms with E-state index in [0.717, 1.165) is 10.7 Å². The highest BCUT2D eigenvalue weighted by atomic mass is 32.1. The van der Waals surface area contributed by atoms with Crippen LogP contribution in [0.4, 0.5) is 17.6 Å². The number of nitrogens with zero attached hydrogens (tertiary/aromatic N) is 3. The third kappa shape index (κ3) is 1.90. The number of hydrogen-bond donors (Lipinski definition) is 1. The van der Waals surface area contributed by atoms with Gasteiger partial charge in [0.05, 0.1) is 6.04 Å². The lowest BCUT2D eigenvalue weighted by Crippen LogP contribution is -2.11. The van der Waals surface area contributed by atoms with Crippen molar-refractivity contribution in [2.24, 2.45) is 0 Å². The van der Waals surface area contributed by atoms with E-state index >= 15 is 0 Å². The molecule has 2 atom stereocenters. The van der Waals surface area contributed by atoms with Crippen LogP contribution in [-0.2, 0) is 0 Å². The van der Waals surface area contributed by atoms with Gasteiger partial charge in [-0.2, -0.15) is 0 Å². The van der Waals surface area contributed by atoms with Gasteiger partial charge in [0.2, 0.25) is 5.16 Å². The quantitative estimate of drug-likeness (QED) is 0.497. The Morgan fingerprint density at radius 3 is 2.74 bits per heavy atom. The molecular formula is C11H7F4N3S. The summed E-state index contributed by atoms with van der Waals surface area (Å²) >= 11 is 3.87. The molecule has 0 saturated carbocycles. The van der Waals surface area contributed by atoms with E-state index in [0.29, 0.717) is 6.07 Å². The lowest BCUT2D eigenvalue weighted by atomic mass is 10.0. The standard InChI is InChI=1S/C11H7F4N3S/c12-4-1-5(9(15)6(13)2-4)8-3-7(14)10-16-11(19)17-18(8)10/h1-2,7-8H,3H2,(H,17,19)/t7-,8-/m0/s1. The number of alkyl halides is 1. The monoisotopic (exact) mass is 289 g/mol. The summed E-state index contributed by atoms with van der Waals surface area (Å²) in [5, 5.41) is 3.85. The zero-order valence-electron chi connectivity index (χ0n) is 9.32. The van der Waals surface area contributed by atoms with Crippen LogP contribution < -0.4 is 0 Å². The Morgan fingerprint density at radius 2 is 2.00 bits per heavy atom. The molecule has 0 bridgehead atoms. The lowest BCUT2D eigenvalue weighted by molar-refractivity contribution is 0.324. The summed E-state index contributed by atoms with van der Waals surface area (Å²) in [7, 11) is 0. The Kier molecular flexibility index (Phi) is 2.77. The highest BCUT2D eigenvalue weighted by Crippen LogP contribution is 2.40. The van der Waals surface area contributed by atoms with Gasteiger partial charge in [-0.1, -0.05) is 0 Å². The number of fused-ring (bicyclic) bond motifs is 1. The number of thiol groups is 1. The lowest BCUT2D eigenvalue weighted by Gasteiger charge is -2.13. The minimum absolute atomic E-state index is 0.0148. The van der Waals surface area contributed by atoms with Crippen LogP contribution in [0.2, 0.25) is 0 Å². The maximum atomic E-state index is 13.7. The van der Waals surface area contributed by atoms with Crippen molar-refractivity contribution in [3.8, 4) is 0 Å². The van der Waals surface area contributed by atoms with Crippen LogP contribution in [0.15, 0.2) is 17.3 Å². The van der Waals surface area contributed by atoms with E-state index in [1.54, 1.807) is 0 Å². The van der Waals surface area contributed by atoms with Gasteiger partial charge in [0.1, 0.15) is 5.82 Å². The summed E-state index contributed by atoms with van der Waals surface area (Å²) < 4.78 is 54.9. The van der Waals surface area contributed by atoms with E-state index < -0.39 is 29.7 Å². The van der Waals surface area contributed by atoms with Crippen molar-refractivity contribution in [2.45, 2.75) is 23.8 Å². The highest BCUT2D eigenvalue weighted by molar-refractivity contribution is 7.80. The van der Waals surface area contributed by atoms with E-state index in [-0.39, 0.29) is 23.0 Å². The first kappa shape index (κ1) is 12.5. The smallest absolute Gasteiger partial charge is 0.205 e. The van der Waals surface area contributed by atoms with Crippen LogP contribution in [0.3, 0.4) is 0 Å². The topological polar surface area (TPSA) is 30.7 Å². The van der Waals surface area contributed by atoms with Gasteiger partial charge >= 0.3 is 0 Å². The van der Waals surface area contributed by atoms with Crippen molar-refractivity contribution in [2.75, 3.05) is 0 Å². The zero-order valence-corrected chi connectivity index (χ0v) is 10.2. The van der Waals surface area contributed by atoms with Crippen molar-refractivity contribution in [3.05, 3.63) is 41.0 Å². The Labute approximate surface area is 110 Å². The fraction of sp³-hybridized carbons (Fsp3) is 0.273. The van der Waals surface area contributed by atoms with Crippen molar-refractivity contribution in [3.63, 3.8) is 0 Å². The largest absolute Gasteiger partial charge is 0.239 e. The average molecular weight is 289 g/mol. The SMILES string of the molecule is Fc1cc(F)c(F)c([C@@H]2C[C@H](F)c3nc(S)nn32)c1. The van der Waals surface area contributed by atoms with Crippen molar-refractivity contribution in [1.82, 2.24) is 14.8 Å². The van der Waals surface area contributed by atoms with Gasteiger partial charge < -0.3 is 0 Å². The van der Waals surface area contributed by atoms with E-state index in [2.05, 4.69) is 22.7 Å². The van der Waals surface area contributed by atoms with Gasteiger partial charge in [-0.05, 0) is 6.07 Å². The molecule has 1 aliphatic heterocycles. The zero-order chi connectivity index (χ0) is 13.7. The van der Waals surface area contributed by atoms with Gasteiger partial charge in [0.25, 0.3) is 0 Å². The van der Waals surface area contributed by atoms with Gasteiger partial charge in [0, 0.05) is 18.1 Å². The predicted octanol–water partition coefficient (Wildman–Crippen LogP) is 2.99. The summed E-state index contributed by atoms with van der Waals surface area (Å²) in [4.78, 5) is 3.75. The van der Waals surface area contributed by atoms with E-state index in [1.807, 2.05) is 0 Å². The number of aromatic nitrogens is 3. The molecule has 0 radical (unpaired) electrons. The minimum Gasteiger partial charge on any atom is -0.239 e. The number of halogens is 4. The first-order valence-electron chi connectivity index (χ1n) is 5.41. The second-order valence-corrected chi connectivity index (χ2v) is 4.62. The van der Waals surface area contributed by atoms with E-state index in [1.165, 1.54) is 0 Å². The molecule has 19 heavy (non-hydrogen) atoms. The highest BCUT2D eigenvalue weighted by Gasteiger charge is 2.37. The average Bonchev–Trinajstić information content (AvgIpc) is 2.84. The summed E-state index contributed by atoms with van der Waals surface area (Å²) in [5.41, 5.74) is -0.280. The summed E-state index contributed by atoms with van der Waals surface area (Å²) in [6.45, 7) is 0. The first-order valence-corrected chi connectivity index (χ1v) is 5.86. The second kappa shape index (κ2) is 4.22. The van der Waals surface area contributed by atoms with E-state index in [9.17, 15) is 17.6 Å². The van der Waals surface area contributed by atoms with Gasteiger partial charge in [-0.3, -0.25) is 0 Å². The first-order chi connectivity index (χ1) is 8.97. The molecule has 0 amide bonds. The summed E-state index contributed by atoms with van der Waals surface area (Å²) in [6.07, 6.45) is -1.63. The molecule has 3 nitrogen and oxygen atoms in total. The maximum absolute atomic E-state index is 13.7. The van der Waals surface area contributed by atoms with Crippen LogP contribution in [0.1, 0.15) is 30.0 Å². The van der Waals surface area contributed by atoms with Crippen LogP contribution in [0.25, 0.3) is 0 Å². The van der Waals surface area contributed by atoms with Gasteiger partial charge in [0.15, 0.2) is 23.6 Å². The Bertz CT molecular complexity index is 658. The van der Waals surface area contributed by atoms with Gasteiger partial charge in [-0.25, -0.2) is 27.2 Å². The fourth-order valence-corrected chi connectivity index (χ4v) is 2.44. The third-order valence-electron chi connectivity index (χ3n) is 3.03. The molecule has 1 aromatic heterocycles. The minimum atomic E-state index is -1.47. The molecule has 3 rings (SSSR count). The molecule has 100 valence electrons. The van der Waals surface area contributed by atoms with Crippen LogP contribution in [0.5, 0.6) is 0 Å². The predicted molar refractivity (Wildman–Crippen MR) is 60.2 cm³/mol. The maximum Gasteiger partial charge on any atom is 0.205 e. The molecule has 1 aliphatic rings. The molecule has 0 fully saturated rings. The van der Waals surface area contributed by atoms with Crippen LogP contribution in [0, 0.1) is 17.5 Å². The molecular weight excluding hydrogens is 282 g/mol.